The van der Waals surface area contributed by atoms with Crippen LogP contribution < -0.4 is 0 Å². The number of methoxy groups -OCH3 is 1. The van der Waals surface area contributed by atoms with Crippen LogP contribution in [-0.2, 0) is 30.4 Å². The zero-order valence-corrected chi connectivity index (χ0v) is 22.6. The Morgan fingerprint density at radius 3 is 1.91 bits per heavy atom. The topological polar surface area (TPSA) is 65.1 Å². The fourth-order valence-electron chi connectivity index (χ4n) is 3.61. The van der Waals surface area contributed by atoms with Gasteiger partial charge in [0.15, 0.2) is 0 Å². The van der Waals surface area contributed by atoms with E-state index in [1.165, 1.54) is 12.7 Å². The first-order chi connectivity index (χ1) is 15.8. The minimum atomic E-state index is -0.358. The van der Waals surface area contributed by atoms with E-state index in [-0.39, 0.29) is 17.1 Å². The highest BCUT2D eigenvalue weighted by molar-refractivity contribution is 5.82. The summed E-state index contributed by atoms with van der Waals surface area (Å²) in [5.41, 5.74) is 0.625. The number of ether oxygens (including phenoxy) is 3. The van der Waals surface area contributed by atoms with Gasteiger partial charge in [-0.15, -0.1) is 0 Å². The number of fused-ring (bicyclic) bond motifs is 1. The fourth-order valence-corrected chi connectivity index (χ4v) is 3.61. The minimum absolute atomic E-state index is 0.00463. The van der Waals surface area contributed by atoms with Gasteiger partial charge < -0.3 is 14.2 Å². The van der Waals surface area contributed by atoms with Crippen molar-refractivity contribution < 1.29 is 23.8 Å². The third-order valence-corrected chi connectivity index (χ3v) is 4.83. The Hall–Kier alpha value is -1.92. The number of carbonyl (C=O) groups excluding carboxylic acids is 2. The molecule has 2 heterocycles. The molecule has 6 heteroatoms. The largest absolute Gasteiger partial charge is 0.471 e. The lowest BCUT2D eigenvalue weighted by Crippen LogP contribution is -2.48. The van der Waals surface area contributed by atoms with Gasteiger partial charge in [-0.25, -0.2) is 0 Å². The molecule has 1 aromatic carbocycles. The van der Waals surface area contributed by atoms with E-state index >= 15 is 0 Å². The van der Waals surface area contributed by atoms with Crippen molar-refractivity contribution in [3.63, 3.8) is 0 Å². The maximum Gasteiger partial charge on any atom is 0.327 e. The molecule has 33 heavy (non-hydrogen) atoms. The molecule has 2 saturated heterocycles. The Balaban J connectivity index is 0. The predicted octanol–water partition coefficient (Wildman–Crippen LogP) is 6.02. The Kier molecular flexibility index (Phi) is 19.7. The molecular formula is C27H49NO5. The lowest BCUT2D eigenvalue weighted by molar-refractivity contribution is -0.166. The van der Waals surface area contributed by atoms with Crippen LogP contribution in [0.5, 0.6) is 0 Å². The standard InChI is InChI=1S/C12H21NO2.C9H12O.C2H4O2.2C2H6/c1-11(2,3)15-10(14)12-6-4-8-13(12)9-5-7-12;1-2-10-8-9-6-4-3-5-7-9;1-4-2-3;2*1-2/h4-9H2,1-3H3;3-7H,2,8H2,1H3;2H,1H3;2*1-2H3. The summed E-state index contributed by atoms with van der Waals surface area (Å²) in [7, 11) is 1.31. The quantitative estimate of drug-likeness (QED) is 0.390. The summed E-state index contributed by atoms with van der Waals surface area (Å²) in [5, 5.41) is 0. The van der Waals surface area contributed by atoms with Crippen LogP contribution in [0.25, 0.3) is 0 Å². The first-order valence-corrected chi connectivity index (χ1v) is 12.4. The molecule has 0 aromatic heterocycles. The van der Waals surface area contributed by atoms with E-state index in [9.17, 15) is 4.79 Å². The average molecular weight is 468 g/mol. The number of hydrogen-bond donors (Lipinski definition) is 0. The molecule has 0 saturated carbocycles. The average Bonchev–Trinajstić information content (AvgIpc) is 3.42. The highest BCUT2D eigenvalue weighted by atomic mass is 16.6. The molecule has 0 spiro atoms. The highest BCUT2D eigenvalue weighted by Gasteiger charge is 2.51. The van der Waals surface area contributed by atoms with E-state index in [0.29, 0.717) is 6.47 Å². The Bertz CT molecular complexity index is 588. The summed E-state index contributed by atoms with van der Waals surface area (Å²) in [5.74, 6) is 0.00463. The maximum absolute atomic E-state index is 12.2. The molecule has 6 nitrogen and oxygen atoms in total. The van der Waals surface area contributed by atoms with Gasteiger partial charge in [-0.3, -0.25) is 14.5 Å². The van der Waals surface area contributed by atoms with Gasteiger partial charge in [0.05, 0.1) is 13.7 Å². The fraction of sp³-hybridized carbons (Fsp3) is 0.704. The van der Waals surface area contributed by atoms with Crippen LogP contribution in [0.1, 0.15) is 86.6 Å². The van der Waals surface area contributed by atoms with E-state index in [0.717, 1.165) is 52.0 Å². The second kappa shape index (κ2) is 19.5. The highest BCUT2D eigenvalue weighted by Crippen LogP contribution is 2.40. The molecule has 0 N–H and O–H groups in total. The van der Waals surface area contributed by atoms with Crippen LogP contribution in [0.4, 0.5) is 0 Å². The third kappa shape index (κ3) is 13.4. The Morgan fingerprint density at radius 2 is 1.52 bits per heavy atom. The summed E-state index contributed by atoms with van der Waals surface area (Å²) in [4.78, 5) is 23.5. The molecule has 2 fully saturated rings. The number of benzene rings is 1. The van der Waals surface area contributed by atoms with Gasteiger partial charge in [-0.2, -0.15) is 0 Å². The summed E-state index contributed by atoms with van der Waals surface area (Å²) in [6, 6.07) is 10.2. The number of carbonyl (C=O) groups is 2. The Labute approximate surface area is 203 Å². The second-order valence-electron chi connectivity index (χ2n) is 8.18. The molecule has 1 aromatic rings. The van der Waals surface area contributed by atoms with Gasteiger partial charge in [-0.05, 0) is 72.0 Å². The van der Waals surface area contributed by atoms with Crippen molar-refractivity contribution in [1.82, 2.24) is 4.90 Å². The van der Waals surface area contributed by atoms with Crippen molar-refractivity contribution in [2.24, 2.45) is 0 Å². The van der Waals surface area contributed by atoms with Gasteiger partial charge in [0.1, 0.15) is 11.1 Å². The van der Waals surface area contributed by atoms with Crippen LogP contribution in [-0.4, -0.2) is 55.3 Å². The van der Waals surface area contributed by atoms with Crippen LogP contribution in [0.3, 0.4) is 0 Å². The summed E-state index contributed by atoms with van der Waals surface area (Å²) in [6.07, 6.45) is 4.25. The molecule has 0 unspecified atom stereocenters. The van der Waals surface area contributed by atoms with Crippen LogP contribution >= 0.6 is 0 Å². The van der Waals surface area contributed by atoms with Crippen LogP contribution in [0.2, 0.25) is 0 Å². The summed E-state index contributed by atoms with van der Waals surface area (Å²) < 4.78 is 14.6. The zero-order chi connectivity index (χ0) is 25.8. The number of nitrogens with zero attached hydrogens (tertiary/aromatic N) is 1. The lowest BCUT2D eigenvalue weighted by Gasteiger charge is -2.32. The van der Waals surface area contributed by atoms with Crippen molar-refractivity contribution in [2.75, 3.05) is 26.8 Å². The molecule has 2 aliphatic rings. The predicted molar refractivity (Wildman–Crippen MR) is 136 cm³/mol. The summed E-state index contributed by atoms with van der Waals surface area (Å²) in [6.45, 7) is 19.9. The first-order valence-electron chi connectivity index (χ1n) is 12.4. The SMILES string of the molecule is CC.CC.CC(C)(C)OC(=O)C12CCCN1CCC2.CCOCc1ccccc1.COC=O. The molecule has 0 bridgehead atoms. The van der Waals surface area contributed by atoms with E-state index in [1.54, 1.807) is 0 Å². The normalized spacial score (nSPS) is 15.4. The van der Waals surface area contributed by atoms with E-state index in [1.807, 2.05) is 73.6 Å². The summed E-state index contributed by atoms with van der Waals surface area (Å²) >= 11 is 0. The second-order valence-corrected chi connectivity index (χ2v) is 8.18. The molecule has 3 rings (SSSR count). The molecule has 2 aliphatic heterocycles. The number of hydrogen-bond acceptors (Lipinski definition) is 6. The molecule has 0 amide bonds. The van der Waals surface area contributed by atoms with Gasteiger partial charge in [0, 0.05) is 6.61 Å². The van der Waals surface area contributed by atoms with Crippen LogP contribution in [0, 0.1) is 0 Å². The first kappa shape index (κ1) is 33.3. The van der Waals surface area contributed by atoms with Gasteiger partial charge >= 0.3 is 5.97 Å². The molecule has 0 aliphatic carbocycles. The van der Waals surface area contributed by atoms with Crippen molar-refractivity contribution in [2.45, 2.75) is 98.8 Å². The van der Waals surface area contributed by atoms with E-state index in [2.05, 4.69) is 21.8 Å². The smallest absolute Gasteiger partial charge is 0.327 e. The van der Waals surface area contributed by atoms with Crippen molar-refractivity contribution >= 4 is 12.4 Å². The molecule has 192 valence electrons. The van der Waals surface area contributed by atoms with E-state index < -0.39 is 0 Å². The maximum atomic E-state index is 12.2. The van der Waals surface area contributed by atoms with Gasteiger partial charge in [0.2, 0.25) is 0 Å². The molecule has 0 radical (unpaired) electrons. The van der Waals surface area contributed by atoms with Crippen LogP contribution in [0.15, 0.2) is 30.3 Å². The molecule has 0 atom stereocenters. The van der Waals surface area contributed by atoms with Gasteiger partial charge in [0.25, 0.3) is 6.47 Å². The minimum Gasteiger partial charge on any atom is -0.471 e. The van der Waals surface area contributed by atoms with Crippen molar-refractivity contribution in [3.8, 4) is 0 Å². The Morgan fingerprint density at radius 1 is 1.03 bits per heavy atom. The lowest BCUT2D eigenvalue weighted by atomic mass is 9.94. The van der Waals surface area contributed by atoms with Crippen molar-refractivity contribution in [3.05, 3.63) is 35.9 Å². The number of rotatable bonds is 5. The zero-order valence-electron chi connectivity index (χ0n) is 22.6. The number of esters is 1. The van der Waals surface area contributed by atoms with E-state index in [4.69, 9.17) is 14.3 Å². The van der Waals surface area contributed by atoms with Crippen molar-refractivity contribution in [1.29, 1.82) is 0 Å². The third-order valence-electron chi connectivity index (χ3n) is 4.83. The van der Waals surface area contributed by atoms with Gasteiger partial charge in [-0.1, -0.05) is 58.0 Å². The molecular weight excluding hydrogens is 418 g/mol. The monoisotopic (exact) mass is 467 g/mol.